The molecule has 0 aliphatic rings. The van der Waals surface area contributed by atoms with E-state index < -0.39 is 0 Å². The van der Waals surface area contributed by atoms with Crippen LogP contribution in [0.1, 0.15) is 5.01 Å². The maximum Gasteiger partial charge on any atom is 0.234 e. The minimum Gasteiger partial charge on any atom is -0.325 e. The molecule has 3 rings (SSSR count). The SMILES string of the molecule is O=C(CSCc1nc2ccccc2s1)Nc1ccc(Cl)c(Cl)c1. The molecule has 1 aromatic heterocycles. The number of para-hydroxylation sites is 1. The van der Waals surface area contributed by atoms with Crippen molar-refractivity contribution in [3.8, 4) is 0 Å². The van der Waals surface area contributed by atoms with Gasteiger partial charge in [0.05, 0.1) is 26.0 Å². The smallest absolute Gasteiger partial charge is 0.234 e. The van der Waals surface area contributed by atoms with Crippen molar-refractivity contribution in [3.63, 3.8) is 0 Å². The number of amides is 1. The largest absolute Gasteiger partial charge is 0.325 e. The number of fused-ring (bicyclic) bond motifs is 1. The molecule has 3 nitrogen and oxygen atoms in total. The van der Waals surface area contributed by atoms with Crippen LogP contribution in [0.15, 0.2) is 42.5 Å². The van der Waals surface area contributed by atoms with Crippen molar-refractivity contribution in [3.05, 3.63) is 57.5 Å². The van der Waals surface area contributed by atoms with Gasteiger partial charge in [0.1, 0.15) is 5.01 Å². The normalized spacial score (nSPS) is 10.9. The molecule has 0 radical (unpaired) electrons. The van der Waals surface area contributed by atoms with E-state index in [0.717, 1.165) is 10.5 Å². The summed E-state index contributed by atoms with van der Waals surface area (Å²) in [5.74, 6) is 0.999. The number of halogens is 2. The quantitative estimate of drug-likeness (QED) is 0.635. The van der Waals surface area contributed by atoms with Crippen molar-refractivity contribution in [1.82, 2.24) is 4.98 Å². The van der Waals surface area contributed by atoms with Crippen LogP contribution >= 0.6 is 46.3 Å². The number of thioether (sulfide) groups is 1. The third-order valence-electron chi connectivity index (χ3n) is 3.00. The average molecular weight is 383 g/mol. The van der Waals surface area contributed by atoms with E-state index in [9.17, 15) is 4.79 Å². The minimum absolute atomic E-state index is 0.0745. The molecule has 0 aliphatic heterocycles. The van der Waals surface area contributed by atoms with Crippen LogP contribution in [-0.4, -0.2) is 16.6 Å². The van der Waals surface area contributed by atoms with Crippen LogP contribution in [0.3, 0.4) is 0 Å². The number of rotatable bonds is 5. The zero-order valence-corrected chi connectivity index (χ0v) is 15.0. The molecular formula is C16H12Cl2N2OS2. The van der Waals surface area contributed by atoms with Gasteiger partial charge in [-0.1, -0.05) is 35.3 Å². The summed E-state index contributed by atoms with van der Waals surface area (Å²) >= 11 is 15.0. The highest BCUT2D eigenvalue weighted by Gasteiger charge is 2.07. The molecule has 3 aromatic rings. The van der Waals surface area contributed by atoms with Gasteiger partial charge in [-0.3, -0.25) is 4.79 Å². The Labute approximate surface area is 152 Å². The minimum atomic E-state index is -0.0745. The Morgan fingerprint density at radius 3 is 2.78 bits per heavy atom. The Morgan fingerprint density at radius 2 is 2.00 bits per heavy atom. The van der Waals surface area contributed by atoms with Gasteiger partial charge in [-0.25, -0.2) is 4.98 Å². The van der Waals surface area contributed by atoms with Gasteiger partial charge in [0.15, 0.2) is 0 Å². The number of carbonyl (C=O) groups is 1. The maximum absolute atomic E-state index is 11.9. The molecule has 118 valence electrons. The summed E-state index contributed by atoms with van der Waals surface area (Å²) in [4.78, 5) is 16.5. The molecule has 0 saturated heterocycles. The highest BCUT2D eigenvalue weighted by Crippen LogP contribution is 2.26. The van der Waals surface area contributed by atoms with Gasteiger partial charge >= 0.3 is 0 Å². The number of nitrogens with one attached hydrogen (secondary N) is 1. The molecular weight excluding hydrogens is 371 g/mol. The number of aromatic nitrogens is 1. The lowest BCUT2D eigenvalue weighted by atomic mass is 10.3. The topological polar surface area (TPSA) is 42.0 Å². The number of hydrogen-bond donors (Lipinski definition) is 1. The number of anilines is 1. The number of hydrogen-bond acceptors (Lipinski definition) is 4. The molecule has 23 heavy (non-hydrogen) atoms. The standard InChI is InChI=1S/C16H12Cl2N2OS2/c17-11-6-5-10(7-12(11)18)19-15(21)8-22-9-16-20-13-3-1-2-4-14(13)23-16/h1-7H,8-9H2,(H,19,21). The van der Waals surface area contributed by atoms with E-state index in [0.29, 0.717) is 27.2 Å². The first-order valence-corrected chi connectivity index (χ1v) is 9.51. The Bertz CT molecular complexity index is 818. The van der Waals surface area contributed by atoms with Crippen molar-refractivity contribution in [2.45, 2.75) is 5.75 Å². The second-order valence-corrected chi connectivity index (χ2v) is 7.66. The molecule has 0 saturated carbocycles. The monoisotopic (exact) mass is 382 g/mol. The Morgan fingerprint density at radius 1 is 1.17 bits per heavy atom. The van der Waals surface area contributed by atoms with E-state index in [1.54, 1.807) is 29.5 Å². The van der Waals surface area contributed by atoms with Crippen LogP contribution in [0.2, 0.25) is 10.0 Å². The second kappa shape index (κ2) is 7.53. The molecule has 1 N–H and O–H groups in total. The van der Waals surface area contributed by atoms with E-state index in [4.69, 9.17) is 23.2 Å². The summed E-state index contributed by atoms with van der Waals surface area (Å²) in [5, 5.41) is 4.72. The lowest BCUT2D eigenvalue weighted by Gasteiger charge is -2.05. The highest BCUT2D eigenvalue weighted by atomic mass is 35.5. The summed E-state index contributed by atoms with van der Waals surface area (Å²) < 4.78 is 1.17. The number of carbonyl (C=O) groups excluding carboxylic acids is 1. The molecule has 0 atom stereocenters. The van der Waals surface area contributed by atoms with Crippen molar-refractivity contribution >= 4 is 68.1 Å². The van der Waals surface area contributed by atoms with E-state index in [2.05, 4.69) is 16.4 Å². The summed E-state index contributed by atoms with van der Waals surface area (Å²) in [7, 11) is 0. The Kier molecular flexibility index (Phi) is 5.43. The summed E-state index contributed by atoms with van der Waals surface area (Å²) in [6, 6.07) is 13.1. The third-order valence-corrected chi connectivity index (χ3v) is 5.90. The summed E-state index contributed by atoms with van der Waals surface area (Å²) in [6.07, 6.45) is 0. The van der Waals surface area contributed by atoms with E-state index in [1.165, 1.54) is 16.5 Å². The number of benzene rings is 2. The fraction of sp³-hybridized carbons (Fsp3) is 0.125. The summed E-state index contributed by atoms with van der Waals surface area (Å²) in [5.41, 5.74) is 1.65. The fourth-order valence-electron chi connectivity index (χ4n) is 1.98. The lowest BCUT2D eigenvalue weighted by Crippen LogP contribution is -2.14. The van der Waals surface area contributed by atoms with Crippen LogP contribution in [0.25, 0.3) is 10.2 Å². The van der Waals surface area contributed by atoms with Crippen LogP contribution in [0.4, 0.5) is 5.69 Å². The third kappa shape index (κ3) is 4.38. The predicted octanol–water partition coefficient (Wildman–Crippen LogP) is 5.48. The first-order valence-electron chi connectivity index (χ1n) is 6.79. The predicted molar refractivity (Wildman–Crippen MR) is 101 cm³/mol. The van der Waals surface area contributed by atoms with Gasteiger partial charge in [0.2, 0.25) is 5.91 Å². The van der Waals surface area contributed by atoms with Crippen molar-refractivity contribution < 1.29 is 4.79 Å². The molecule has 1 amide bonds. The molecule has 0 aliphatic carbocycles. The average Bonchev–Trinajstić information content (AvgIpc) is 2.93. The first kappa shape index (κ1) is 16.6. The van der Waals surface area contributed by atoms with Crippen LogP contribution in [-0.2, 0) is 10.5 Å². The molecule has 1 heterocycles. The van der Waals surface area contributed by atoms with Crippen LogP contribution in [0.5, 0.6) is 0 Å². The van der Waals surface area contributed by atoms with Gasteiger partial charge in [-0.2, -0.15) is 0 Å². The number of nitrogens with zero attached hydrogens (tertiary/aromatic N) is 1. The zero-order valence-electron chi connectivity index (χ0n) is 11.9. The Balaban J connectivity index is 1.51. The molecule has 2 aromatic carbocycles. The van der Waals surface area contributed by atoms with Crippen LogP contribution < -0.4 is 5.32 Å². The van der Waals surface area contributed by atoms with Crippen molar-refractivity contribution in [2.24, 2.45) is 0 Å². The zero-order chi connectivity index (χ0) is 16.2. The fourth-order valence-corrected chi connectivity index (χ4v) is 4.13. The highest BCUT2D eigenvalue weighted by molar-refractivity contribution is 7.99. The van der Waals surface area contributed by atoms with E-state index >= 15 is 0 Å². The molecule has 0 spiro atoms. The van der Waals surface area contributed by atoms with Gasteiger partial charge < -0.3 is 5.32 Å². The number of thiazole rings is 1. The van der Waals surface area contributed by atoms with Gasteiger partial charge in [0, 0.05) is 11.4 Å². The lowest BCUT2D eigenvalue weighted by molar-refractivity contribution is -0.113. The maximum atomic E-state index is 11.9. The van der Waals surface area contributed by atoms with Gasteiger partial charge in [0.25, 0.3) is 0 Å². The summed E-state index contributed by atoms with van der Waals surface area (Å²) in [6.45, 7) is 0. The van der Waals surface area contributed by atoms with Gasteiger partial charge in [-0.15, -0.1) is 23.1 Å². The van der Waals surface area contributed by atoms with Crippen LogP contribution in [0, 0.1) is 0 Å². The van der Waals surface area contributed by atoms with Crippen molar-refractivity contribution in [1.29, 1.82) is 0 Å². The first-order chi connectivity index (χ1) is 11.1. The van der Waals surface area contributed by atoms with Crippen molar-refractivity contribution in [2.75, 3.05) is 11.1 Å². The molecule has 7 heteroatoms. The molecule has 0 fully saturated rings. The van der Waals surface area contributed by atoms with E-state index in [1.807, 2.05) is 18.2 Å². The van der Waals surface area contributed by atoms with Gasteiger partial charge in [-0.05, 0) is 30.3 Å². The second-order valence-electron chi connectivity index (χ2n) is 4.75. The Hall–Kier alpha value is -1.27. The molecule has 0 unspecified atom stereocenters. The van der Waals surface area contributed by atoms with E-state index in [-0.39, 0.29) is 5.91 Å². The molecule has 0 bridgehead atoms.